The predicted octanol–water partition coefficient (Wildman–Crippen LogP) is 1.97. The van der Waals surface area contributed by atoms with E-state index in [9.17, 15) is 4.79 Å². The fourth-order valence-corrected chi connectivity index (χ4v) is 3.31. The van der Waals surface area contributed by atoms with Crippen molar-refractivity contribution in [3.05, 3.63) is 76.3 Å². The number of hydrogen-bond donors (Lipinski definition) is 0. The van der Waals surface area contributed by atoms with Gasteiger partial charge in [-0.05, 0) is 23.6 Å². The molecule has 1 fully saturated rings. The van der Waals surface area contributed by atoms with Crippen molar-refractivity contribution in [2.45, 2.75) is 19.9 Å². The zero-order valence-electron chi connectivity index (χ0n) is 16.0. The van der Waals surface area contributed by atoms with Gasteiger partial charge in [-0.2, -0.15) is 5.10 Å². The summed E-state index contributed by atoms with van der Waals surface area (Å²) < 4.78 is 1.53. The number of anilines is 2. The van der Waals surface area contributed by atoms with E-state index >= 15 is 0 Å². The van der Waals surface area contributed by atoms with Crippen LogP contribution in [0.3, 0.4) is 0 Å². The summed E-state index contributed by atoms with van der Waals surface area (Å²) in [6.07, 6.45) is 4.74. The molecule has 3 heterocycles. The molecule has 7 heteroatoms. The van der Waals surface area contributed by atoms with E-state index in [1.54, 1.807) is 6.07 Å². The fourth-order valence-electron chi connectivity index (χ4n) is 3.31. The molecule has 144 valence electrons. The average Bonchev–Trinajstić information content (AvgIpc) is 2.76. The molecule has 7 nitrogen and oxygen atoms in total. The summed E-state index contributed by atoms with van der Waals surface area (Å²) in [7, 11) is 0. The van der Waals surface area contributed by atoms with Crippen LogP contribution in [0.2, 0.25) is 0 Å². The molecule has 0 N–H and O–H groups in total. The van der Waals surface area contributed by atoms with Gasteiger partial charge in [0.2, 0.25) is 5.95 Å². The minimum Gasteiger partial charge on any atom is -0.352 e. The monoisotopic (exact) mass is 376 g/mol. The van der Waals surface area contributed by atoms with Crippen molar-refractivity contribution in [1.82, 2.24) is 19.7 Å². The second kappa shape index (κ2) is 8.21. The molecule has 0 saturated carbocycles. The maximum Gasteiger partial charge on any atom is 0.267 e. The van der Waals surface area contributed by atoms with E-state index < -0.39 is 0 Å². The standard InChI is InChI=1S/C21H24N6O/c1-2-17-14-22-21(23-15-17)26-12-10-25(11-13-26)19-8-9-20(28)27(24-19)16-18-6-4-3-5-7-18/h3-9,14-15H,2,10-13,16H2,1H3. The minimum atomic E-state index is -0.0874. The number of aryl methyl sites for hydroxylation is 1. The second-order valence-corrected chi connectivity index (χ2v) is 6.89. The Balaban J connectivity index is 1.44. The molecule has 1 aliphatic heterocycles. The van der Waals surface area contributed by atoms with Crippen LogP contribution in [0, 0.1) is 0 Å². The van der Waals surface area contributed by atoms with Crippen LogP contribution in [0.25, 0.3) is 0 Å². The topological polar surface area (TPSA) is 67.2 Å². The van der Waals surface area contributed by atoms with Gasteiger partial charge in [0, 0.05) is 44.6 Å². The van der Waals surface area contributed by atoms with Gasteiger partial charge in [-0.15, -0.1) is 0 Å². The molecule has 0 amide bonds. The second-order valence-electron chi connectivity index (χ2n) is 6.89. The molecule has 0 spiro atoms. The van der Waals surface area contributed by atoms with Crippen LogP contribution in [-0.2, 0) is 13.0 Å². The van der Waals surface area contributed by atoms with Gasteiger partial charge in [0.05, 0.1) is 6.54 Å². The highest BCUT2D eigenvalue weighted by Gasteiger charge is 2.20. The Kier molecular flexibility index (Phi) is 5.32. The molecule has 1 aromatic carbocycles. The van der Waals surface area contributed by atoms with Gasteiger partial charge in [-0.3, -0.25) is 4.79 Å². The minimum absolute atomic E-state index is 0.0874. The van der Waals surface area contributed by atoms with Crippen molar-refractivity contribution in [2.24, 2.45) is 0 Å². The third-order valence-electron chi connectivity index (χ3n) is 5.01. The highest BCUT2D eigenvalue weighted by atomic mass is 16.1. The summed E-state index contributed by atoms with van der Waals surface area (Å²) in [6.45, 7) is 5.85. The van der Waals surface area contributed by atoms with E-state index in [1.165, 1.54) is 4.68 Å². The van der Waals surface area contributed by atoms with E-state index in [0.717, 1.165) is 55.5 Å². The summed E-state index contributed by atoms with van der Waals surface area (Å²) >= 11 is 0. The zero-order chi connectivity index (χ0) is 19.3. The largest absolute Gasteiger partial charge is 0.352 e. The Morgan fingerprint density at radius 1 is 0.857 bits per heavy atom. The van der Waals surface area contributed by atoms with E-state index in [4.69, 9.17) is 0 Å². The summed E-state index contributed by atoms with van der Waals surface area (Å²) in [4.78, 5) is 25.6. The highest BCUT2D eigenvalue weighted by molar-refractivity contribution is 5.41. The summed E-state index contributed by atoms with van der Waals surface area (Å²) in [5.41, 5.74) is 2.12. The first-order chi connectivity index (χ1) is 13.7. The number of benzene rings is 1. The van der Waals surface area contributed by atoms with Crippen molar-refractivity contribution in [2.75, 3.05) is 36.0 Å². The van der Waals surface area contributed by atoms with Crippen LogP contribution >= 0.6 is 0 Å². The molecule has 2 aromatic heterocycles. The van der Waals surface area contributed by atoms with Crippen molar-refractivity contribution < 1.29 is 0 Å². The van der Waals surface area contributed by atoms with Gasteiger partial charge in [0.25, 0.3) is 5.56 Å². The van der Waals surface area contributed by atoms with E-state index in [-0.39, 0.29) is 5.56 Å². The summed E-state index contributed by atoms with van der Waals surface area (Å²) in [5.74, 6) is 1.61. The molecule has 28 heavy (non-hydrogen) atoms. The molecule has 1 saturated heterocycles. The predicted molar refractivity (Wildman–Crippen MR) is 110 cm³/mol. The number of aromatic nitrogens is 4. The first-order valence-electron chi connectivity index (χ1n) is 9.66. The Bertz CT molecular complexity index is 962. The van der Waals surface area contributed by atoms with Crippen molar-refractivity contribution >= 4 is 11.8 Å². The van der Waals surface area contributed by atoms with Crippen molar-refractivity contribution in [3.8, 4) is 0 Å². The molecule has 0 bridgehead atoms. The molecular formula is C21H24N6O. The summed E-state index contributed by atoms with van der Waals surface area (Å²) in [6, 6.07) is 13.3. The number of rotatable bonds is 5. The maximum absolute atomic E-state index is 12.2. The highest BCUT2D eigenvalue weighted by Crippen LogP contribution is 2.15. The third kappa shape index (κ3) is 4.03. The molecular weight excluding hydrogens is 352 g/mol. The number of nitrogens with zero attached hydrogens (tertiary/aromatic N) is 6. The molecule has 4 rings (SSSR count). The van der Waals surface area contributed by atoms with E-state index in [1.807, 2.05) is 48.8 Å². The third-order valence-corrected chi connectivity index (χ3v) is 5.01. The van der Waals surface area contributed by atoms with Crippen LogP contribution in [-0.4, -0.2) is 45.9 Å². The van der Waals surface area contributed by atoms with E-state index in [2.05, 4.69) is 31.8 Å². The van der Waals surface area contributed by atoms with Gasteiger partial charge < -0.3 is 9.80 Å². The quantitative estimate of drug-likeness (QED) is 0.678. The number of hydrogen-bond acceptors (Lipinski definition) is 6. The van der Waals surface area contributed by atoms with Gasteiger partial charge in [-0.1, -0.05) is 37.3 Å². The first kappa shape index (κ1) is 18.2. The van der Waals surface area contributed by atoms with Crippen LogP contribution < -0.4 is 15.4 Å². The lowest BCUT2D eigenvalue weighted by Gasteiger charge is -2.35. The molecule has 0 radical (unpaired) electrons. The van der Waals surface area contributed by atoms with Crippen LogP contribution in [0.4, 0.5) is 11.8 Å². The molecule has 3 aromatic rings. The van der Waals surface area contributed by atoms with Crippen molar-refractivity contribution in [3.63, 3.8) is 0 Å². The first-order valence-corrected chi connectivity index (χ1v) is 9.66. The lowest BCUT2D eigenvalue weighted by molar-refractivity contribution is 0.596. The zero-order valence-corrected chi connectivity index (χ0v) is 16.0. The maximum atomic E-state index is 12.2. The van der Waals surface area contributed by atoms with Gasteiger partial charge in [-0.25, -0.2) is 14.6 Å². The Labute approximate surface area is 164 Å². The lowest BCUT2D eigenvalue weighted by atomic mass is 10.2. The fraction of sp³-hybridized carbons (Fsp3) is 0.333. The average molecular weight is 376 g/mol. The van der Waals surface area contributed by atoms with Gasteiger partial charge in [0.1, 0.15) is 5.82 Å². The molecule has 0 unspecified atom stereocenters. The molecule has 1 aliphatic rings. The Hall–Kier alpha value is -3.22. The Morgan fingerprint density at radius 2 is 1.54 bits per heavy atom. The van der Waals surface area contributed by atoms with Crippen molar-refractivity contribution in [1.29, 1.82) is 0 Å². The Morgan fingerprint density at radius 3 is 2.21 bits per heavy atom. The normalized spacial score (nSPS) is 14.3. The lowest BCUT2D eigenvalue weighted by Crippen LogP contribution is -2.47. The molecule has 0 aliphatic carbocycles. The van der Waals surface area contributed by atoms with Gasteiger partial charge >= 0.3 is 0 Å². The van der Waals surface area contributed by atoms with Crippen LogP contribution in [0.15, 0.2) is 59.7 Å². The van der Waals surface area contributed by atoms with E-state index in [0.29, 0.717) is 6.54 Å². The smallest absolute Gasteiger partial charge is 0.267 e. The molecule has 0 atom stereocenters. The van der Waals surface area contributed by atoms with Crippen LogP contribution in [0.5, 0.6) is 0 Å². The SMILES string of the molecule is CCc1cnc(N2CCN(c3ccc(=O)n(Cc4ccccc4)n3)CC2)nc1. The van der Waals surface area contributed by atoms with Gasteiger partial charge in [0.15, 0.2) is 0 Å². The van der Waals surface area contributed by atoms with Crippen LogP contribution in [0.1, 0.15) is 18.1 Å². The summed E-state index contributed by atoms with van der Waals surface area (Å²) in [5, 5.41) is 4.59. The number of piperazine rings is 1.